The molecule has 13 heavy (non-hydrogen) atoms. The van der Waals surface area contributed by atoms with Gasteiger partial charge in [0.1, 0.15) is 6.04 Å². The van der Waals surface area contributed by atoms with Gasteiger partial charge in [0.25, 0.3) is 0 Å². The third kappa shape index (κ3) is 1.81. The minimum Gasteiger partial charge on any atom is -0.468 e. The largest absolute Gasteiger partial charge is 0.468 e. The summed E-state index contributed by atoms with van der Waals surface area (Å²) in [4.78, 5) is 11.2. The van der Waals surface area contributed by atoms with Crippen molar-refractivity contribution in [3.05, 3.63) is 0 Å². The molecule has 1 atom stereocenters. The topological polar surface area (TPSA) is 38.3 Å². The minimum absolute atomic E-state index is 0. The van der Waals surface area contributed by atoms with Gasteiger partial charge in [-0.15, -0.1) is 12.4 Å². The number of methoxy groups -OCH3 is 1. The van der Waals surface area contributed by atoms with E-state index in [0.717, 1.165) is 13.0 Å². The molecule has 0 bridgehead atoms. The smallest absolute Gasteiger partial charge is 0.322 e. The van der Waals surface area contributed by atoms with Crippen molar-refractivity contribution in [3.8, 4) is 0 Å². The highest BCUT2D eigenvalue weighted by Gasteiger charge is 2.45. The van der Waals surface area contributed by atoms with Gasteiger partial charge in [0.15, 0.2) is 0 Å². The van der Waals surface area contributed by atoms with Gasteiger partial charge in [-0.1, -0.05) is 6.42 Å². The summed E-state index contributed by atoms with van der Waals surface area (Å²) in [5.41, 5.74) is 0.457. The molecule has 1 saturated heterocycles. The van der Waals surface area contributed by atoms with Gasteiger partial charge in [0, 0.05) is 6.54 Å². The molecule has 1 N–H and O–H groups in total. The molecule has 1 unspecified atom stereocenters. The van der Waals surface area contributed by atoms with Crippen LogP contribution >= 0.6 is 12.4 Å². The first-order valence-corrected chi connectivity index (χ1v) is 4.57. The van der Waals surface area contributed by atoms with Crippen LogP contribution in [-0.2, 0) is 9.53 Å². The van der Waals surface area contributed by atoms with Crippen LogP contribution in [0, 0.1) is 5.41 Å². The van der Waals surface area contributed by atoms with Crippen LogP contribution in [0.25, 0.3) is 0 Å². The quantitative estimate of drug-likeness (QED) is 0.652. The average molecular weight is 206 g/mol. The fourth-order valence-corrected chi connectivity index (χ4v) is 2.28. The number of halogens is 1. The Balaban J connectivity index is 0.000000845. The molecule has 0 aromatic heterocycles. The lowest BCUT2D eigenvalue weighted by Gasteiger charge is -2.37. The highest BCUT2D eigenvalue weighted by atomic mass is 35.5. The number of nitrogens with one attached hydrogen (secondary N) is 1. The van der Waals surface area contributed by atoms with E-state index in [9.17, 15) is 4.79 Å². The molecule has 0 radical (unpaired) electrons. The predicted octanol–water partition coefficient (Wildman–Crippen LogP) is 1.11. The third-order valence-electron chi connectivity index (χ3n) is 3.26. The molecule has 2 aliphatic rings. The van der Waals surface area contributed by atoms with Crippen molar-refractivity contribution in [1.29, 1.82) is 0 Å². The van der Waals surface area contributed by atoms with Gasteiger partial charge in [0.05, 0.1) is 7.11 Å². The lowest BCUT2D eigenvalue weighted by molar-refractivity contribution is -0.143. The molecule has 3 nitrogen and oxygen atoms in total. The van der Waals surface area contributed by atoms with Gasteiger partial charge in [-0.2, -0.15) is 0 Å². The number of esters is 1. The van der Waals surface area contributed by atoms with Gasteiger partial charge >= 0.3 is 5.97 Å². The molecule has 0 aromatic carbocycles. The van der Waals surface area contributed by atoms with Gasteiger partial charge < -0.3 is 10.1 Å². The van der Waals surface area contributed by atoms with E-state index >= 15 is 0 Å². The lowest BCUT2D eigenvalue weighted by atomic mass is 9.67. The first kappa shape index (κ1) is 10.8. The zero-order chi connectivity index (χ0) is 8.60. The summed E-state index contributed by atoms with van der Waals surface area (Å²) in [6.45, 7) is 1.01. The van der Waals surface area contributed by atoms with Crippen LogP contribution in [0.3, 0.4) is 0 Å². The third-order valence-corrected chi connectivity index (χ3v) is 3.26. The molecule has 4 heteroatoms. The molecule has 0 amide bonds. The van der Waals surface area contributed by atoms with E-state index in [4.69, 9.17) is 4.74 Å². The van der Waals surface area contributed by atoms with Crippen molar-refractivity contribution in [2.45, 2.75) is 31.7 Å². The molecule has 1 aliphatic carbocycles. The van der Waals surface area contributed by atoms with E-state index in [1.54, 1.807) is 0 Å². The van der Waals surface area contributed by atoms with Crippen LogP contribution < -0.4 is 5.32 Å². The Labute approximate surface area is 84.6 Å². The minimum atomic E-state index is -0.0984. The van der Waals surface area contributed by atoms with E-state index in [-0.39, 0.29) is 24.4 Å². The zero-order valence-corrected chi connectivity index (χ0v) is 8.65. The van der Waals surface area contributed by atoms with Crippen LogP contribution in [-0.4, -0.2) is 25.7 Å². The van der Waals surface area contributed by atoms with E-state index in [2.05, 4.69) is 5.32 Å². The summed E-state index contributed by atoms with van der Waals surface area (Å²) in [6.07, 6.45) is 4.89. The molecule has 1 saturated carbocycles. The Hall–Kier alpha value is -0.280. The standard InChI is InChI=1S/C9H15NO2.ClH/c1-12-8(11)7-5-9(6-10-7)3-2-4-9;/h7,10H,2-6H2,1H3;1H. The van der Waals surface area contributed by atoms with Crippen LogP contribution in [0.4, 0.5) is 0 Å². The lowest BCUT2D eigenvalue weighted by Crippen LogP contribution is -2.31. The van der Waals surface area contributed by atoms with Crippen molar-refractivity contribution < 1.29 is 9.53 Å². The fraction of sp³-hybridized carbons (Fsp3) is 0.889. The van der Waals surface area contributed by atoms with Crippen molar-refractivity contribution in [2.24, 2.45) is 5.41 Å². The number of hydrogen-bond acceptors (Lipinski definition) is 3. The Morgan fingerprint density at radius 1 is 1.54 bits per heavy atom. The van der Waals surface area contributed by atoms with Gasteiger partial charge in [-0.25, -0.2) is 0 Å². The number of ether oxygens (including phenoxy) is 1. The number of carbonyl (C=O) groups excluding carboxylic acids is 1. The second-order valence-electron chi connectivity index (χ2n) is 4.01. The highest BCUT2D eigenvalue weighted by Crippen LogP contribution is 2.47. The summed E-state index contributed by atoms with van der Waals surface area (Å²) >= 11 is 0. The normalized spacial score (nSPS) is 29.2. The van der Waals surface area contributed by atoms with Crippen molar-refractivity contribution in [3.63, 3.8) is 0 Å². The Morgan fingerprint density at radius 2 is 2.23 bits per heavy atom. The molecule has 2 fully saturated rings. The maximum absolute atomic E-state index is 11.2. The summed E-state index contributed by atoms with van der Waals surface area (Å²) in [5.74, 6) is -0.0984. The van der Waals surface area contributed by atoms with Gasteiger partial charge in [-0.3, -0.25) is 4.79 Å². The van der Waals surface area contributed by atoms with Crippen molar-refractivity contribution in [1.82, 2.24) is 5.32 Å². The van der Waals surface area contributed by atoms with E-state index in [1.165, 1.54) is 26.4 Å². The summed E-state index contributed by atoms with van der Waals surface area (Å²) in [6, 6.07) is -0.0321. The second kappa shape index (κ2) is 3.84. The molecule has 1 spiro atoms. The Morgan fingerprint density at radius 3 is 2.62 bits per heavy atom. The molecule has 0 aromatic rings. The van der Waals surface area contributed by atoms with Crippen LogP contribution in [0.1, 0.15) is 25.7 Å². The van der Waals surface area contributed by atoms with Gasteiger partial charge in [0.2, 0.25) is 0 Å². The molecular formula is C9H16ClNO2. The predicted molar refractivity (Wildman–Crippen MR) is 52.0 cm³/mol. The summed E-state index contributed by atoms with van der Waals surface area (Å²) in [7, 11) is 1.45. The maximum Gasteiger partial charge on any atom is 0.322 e. The van der Waals surface area contributed by atoms with Crippen molar-refractivity contribution >= 4 is 18.4 Å². The van der Waals surface area contributed by atoms with Crippen LogP contribution in [0.5, 0.6) is 0 Å². The number of hydrogen-bond donors (Lipinski definition) is 1. The Bertz CT molecular complexity index is 204. The van der Waals surface area contributed by atoms with Crippen LogP contribution in [0.2, 0.25) is 0 Å². The molecule has 1 heterocycles. The van der Waals surface area contributed by atoms with E-state index in [1.807, 2.05) is 0 Å². The zero-order valence-electron chi connectivity index (χ0n) is 7.84. The maximum atomic E-state index is 11.2. The molecule has 1 aliphatic heterocycles. The second-order valence-corrected chi connectivity index (χ2v) is 4.01. The van der Waals surface area contributed by atoms with E-state index in [0.29, 0.717) is 5.41 Å². The summed E-state index contributed by atoms with van der Waals surface area (Å²) < 4.78 is 4.69. The highest BCUT2D eigenvalue weighted by molar-refractivity contribution is 5.85. The SMILES string of the molecule is COC(=O)C1CC2(CCC2)CN1.Cl. The summed E-state index contributed by atoms with van der Waals surface area (Å²) in [5, 5.41) is 3.23. The first-order chi connectivity index (χ1) is 5.76. The molecule has 76 valence electrons. The number of carbonyl (C=O) groups is 1. The van der Waals surface area contributed by atoms with E-state index < -0.39 is 0 Å². The monoisotopic (exact) mass is 205 g/mol. The van der Waals surface area contributed by atoms with Crippen LogP contribution in [0.15, 0.2) is 0 Å². The van der Waals surface area contributed by atoms with Crippen molar-refractivity contribution in [2.75, 3.05) is 13.7 Å². The number of rotatable bonds is 1. The van der Waals surface area contributed by atoms with Gasteiger partial charge in [-0.05, 0) is 24.7 Å². The first-order valence-electron chi connectivity index (χ1n) is 4.57. The average Bonchev–Trinajstić information content (AvgIpc) is 2.46. The molecule has 2 rings (SSSR count). The fourth-order valence-electron chi connectivity index (χ4n) is 2.28. The molecular weight excluding hydrogens is 190 g/mol. The Kier molecular flexibility index (Phi) is 3.19.